The number of piperidine rings is 1. The molecule has 3 heteroatoms. The predicted molar refractivity (Wildman–Crippen MR) is 95.8 cm³/mol. The molecule has 1 aliphatic heterocycles. The minimum Gasteiger partial charge on any atom is -0.392 e. The van der Waals surface area contributed by atoms with Gasteiger partial charge in [-0.15, -0.1) is 0 Å². The lowest BCUT2D eigenvalue weighted by molar-refractivity contribution is 0.0925. The summed E-state index contributed by atoms with van der Waals surface area (Å²) in [6, 6.07) is 17.9. The van der Waals surface area contributed by atoms with Crippen LogP contribution in [0.15, 0.2) is 54.6 Å². The van der Waals surface area contributed by atoms with Gasteiger partial charge in [-0.25, -0.2) is 0 Å². The molecule has 0 radical (unpaired) electrons. The molecule has 0 aliphatic carbocycles. The monoisotopic (exact) mass is 323 g/mol. The maximum Gasteiger partial charge on any atom is 0.163 e. The van der Waals surface area contributed by atoms with E-state index in [2.05, 4.69) is 35.2 Å². The van der Waals surface area contributed by atoms with E-state index in [1.807, 2.05) is 24.3 Å². The summed E-state index contributed by atoms with van der Waals surface area (Å²) in [6.07, 6.45) is 2.82. The molecule has 0 unspecified atom stereocenters. The molecule has 1 saturated heterocycles. The van der Waals surface area contributed by atoms with Gasteiger partial charge in [0, 0.05) is 18.5 Å². The summed E-state index contributed by atoms with van der Waals surface area (Å²) in [4.78, 5) is 14.9. The fourth-order valence-electron chi connectivity index (χ4n) is 3.37. The third-order valence-corrected chi connectivity index (χ3v) is 4.89. The highest BCUT2D eigenvalue weighted by Crippen LogP contribution is 2.23. The zero-order valence-electron chi connectivity index (χ0n) is 14.0. The predicted octanol–water partition coefficient (Wildman–Crippen LogP) is 3.66. The molecule has 1 N–H and O–H groups in total. The summed E-state index contributed by atoms with van der Waals surface area (Å²) in [6.45, 7) is 3.16. The number of nitrogens with zero attached hydrogens (tertiary/aromatic N) is 1. The van der Waals surface area contributed by atoms with Crippen LogP contribution >= 0.6 is 0 Å². The van der Waals surface area contributed by atoms with E-state index in [0.717, 1.165) is 43.6 Å². The van der Waals surface area contributed by atoms with Crippen LogP contribution in [0.2, 0.25) is 0 Å². The van der Waals surface area contributed by atoms with E-state index in [4.69, 9.17) is 5.11 Å². The molecule has 0 atom stereocenters. The summed E-state index contributed by atoms with van der Waals surface area (Å²) in [5.41, 5.74) is 2.97. The van der Waals surface area contributed by atoms with Gasteiger partial charge in [0.05, 0.1) is 6.61 Å². The zero-order valence-corrected chi connectivity index (χ0v) is 14.0. The minimum atomic E-state index is 0.0222. The van der Waals surface area contributed by atoms with Crippen LogP contribution in [0, 0.1) is 5.92 Å². The van der Waals surface area contributed by atoms with Crippen LogP contribution < -0.4 is 0 Å². The molecule has 1 aliphatic rings. The molecule has 0 bridgehead atoms. The van der Waals surface area contributed by atoms with Gasteiger partial charge in [-0.05, 0) is 43.0 Å². The van der Waals surface area contributed by atoms with Crippen molar-refractivity contribution in [1.82, 2.24) is 4.90 Å². The number of likely N-dealkylation sites (tertiary alicyclic amines) is 1. The molecule has 24 heavy (non-hydrogen) atoms. The van der Waals surface area contributed by atoms with Gasteiger partial charge in [0.25, 0.3) is 0 Å². The molecule has 0 saturated carbocycles. The number of carbonyl (C=O) groups excluding carboxylic acids is 1. The number of aliphatic hydroxyl groups is 1. The van der Waals surface area contributed by atoms with E-state index in [9.17, 15) is 4.79 Å². The smallest absolute Gasteiger partial charge is 0.163 e. The first-order valence-electron chi connectivity index (χ1n) is 8.74. The van der Waals surface area contributed by atoms with Crippen LogP contribution in [0.4, 0.5) is 0 Å². The van der Waals surface area contributed by atoms with Crippen molar-refractivity contribution in [3.8, 4) is 0 Å². The first-order chi connectivity index (χ1) is 11.7. The molecule has 2 aromatic rings. The van der Waals surface area contributed by atoms with E-state index in [1.165, 1.54) is 5.56 Å². The Morgan fingerprint density at radius 1 is 0.958 bits per heavy atom. The highest BCUT2D eigenvalue weighted by atomic mass is 16.3. The molecule has 3 rings (SSSR count). The molecule has 0 spiro atoms. The van der Waals surface area contributed by atoms with E-state index in [-0.39, 0.29) is 12.4 Å². The summed E-state index contributed by atoms with van der Waals surface area (Å²) in [5.74, 6) is 0.711. The van der Waals surface area contributed by atoms with Gasteiger partial charge in [0.1, 0.15) is 0 Å². The van der Waals surface area contributed by atoms with E-state index >= 15 is 0 Å². The average Bonchev–Trinajstić information content (AvgIpc) is 2.64. The van der Waals surface area contributed by atoms with Gasteiger partial charge in [-0.3, -0.25) is 9.69 Å². The Hall–Kier alpha value is -1.97. The Morgan fingerprint density at radius 3 is 2.25 bits per heavy atom. The van der Waals surface area contributed by atoms with E-state index in [0.29, 0.717) is 12.3 Å². The highest BCUT2D eigenvalue weighted by Gasteiger charge is 2.22. The zero-order chi connectivity index (χ0) is 16.8. The quantitative estimate of drug-likeness (QED) is 0.825. The van der Waals surface area contributed by atoms with Gasteiger partial charge in [0.15, 0.2) is 5.78 Å². The molecule has 3 nitrogen and oxygen atoms in total. The van der Waals surface area contributed by atoms with Crippen LogP contribution in [0.3, 0.4) is 0 Å². The highest BCUT2D eigenvalue weighted by molar-refractivity contribution is 5.96. The molecule has 2 aromatic carbocycles. The standard InChI is InChI=1S/C21H25NO2/c23-16-19-6-8-20(9-7-19)21(24)14-17-10-12-22(13-11-17)15-18-4-2-1-3-5-18/h1-9,17,23H,10-16H2. The van der Waals surface area contributed by atoms with Crippen molar-refractivity contribution in [1.29, 1.82) is 0 Å². The summed E-state index contributed by atoms with van der Waals surface area (Å²) in [7, 11) is 0. The number of aliphatic hydroxyl groups excluding tert-OH is 1. The van der Waals surface area contributed by atoms with Gasteiger partial charge in [-0.2, -0.15) is 0 Å². The molecule has 0 aromatic heterocycles. The number of hydrogen-bond donors (Lipinski definition) is 1. The van der Waals surface area contributed by atoms with Crippen molar-refractivity contribution in [2.45, 2.75) is 32.4 Å². The topological polar surface area (TPSA) is 40.5 Å². The SMILES string of the molecule is O=C(CC1CCN(Cc2ccccc2)CC1)c1ccc(CO)cc1. The number of rotatable bonds is 6. The normalized spacial score (nSPS) is 16.2. The Balaban J connectivity index is 1.47. The number of Topliss-reactive ketones (excluding diaryl/α,β-unsaturated/α-hetero) is 1. The maximum absolute atomic E-state index is 12.4. The lowest BCUT2D eigenvalue weighted by atomic mass is 9.89. The first-order valence-corrected chi connectivity index (χ1v) is 8.74. The number of hydrogen-bond acceptors (Lipinski definition) is 3. The van der Waals surface area contributed by atoms with Crippen LogP contribution in [0.5, 0.6) is 0 Å². The summed E-state index contributed by atoms with van der Waals surface area (Å²) >= 11 is 0. The number of benzene rings is 2. The maximum atomic E-state index is 12.4. The van der Waals surface area contributed by atoms with Crippen molar-refractivity contribution < 1.29 is 9.90 Å². The van der Waals surface area contributed by atoms with Gasteiger partial charge < -0.3 is 5.11 Å². The third kappa shape index (κ3) is 4.53. The molecule has 126 valence electrons. The van der Waals surface area contributed by atoms with Crippen molar-refractivity contribution in [3.63, 3.8) is 0 Å². The van der Waals surface area contributed by atoms with Crippen molar-refractivity contribution in [2.75, 3.05) is 13.1 Å². The van der Waals surface area contributed by atoms with Gasteiger partial charge >= 0.3 is 0 Å². The first kappa shape index (κ1) is 16.9. The van der Waals surface area contributed by atoms with Crippen molar-refractivity contribution in [2.24, 2.45) is 5.92 Å². The molecular weight excluding hydrogens is 298 g/mol. The van der Waals surface area contributed by atoms with E-state index < -0.39 is 0 Å². The van der Waals surface area contributed by atoms with Gasteiger partial charge in [-0.1, -0.05) is 54.6 Å². The Labute approximate surface area is 143 Å². The van der Waals surface area contributed by atoms with Gasteiger partial charge in [0.2, 0.25) is 0 Å². The summed E-state index contributed by atoms with van der Waals surface area (Å²) in [5, 5.41) is 9.07. The van der Waals surface area contributed by atoms with Crippen molar-refractivity contribution in [3.05, 3.63) is 71.3 Å². The minimum absolute atomic E-state index is 0.0222. The Morgan fingerprint density at radius 2 is 1.62 bits per heavy atom. The van der Waals surface area contributed by atoms with Crippen LogP contribution in [0.25, 0.3) is 0 Å². The molecule has 1 fully saturated rings. The second-order valence-corrected chi connectivity index (χ2v) is 6.69. The lowest BCUT2D eigenvalue weighted by Gasteiger charge is -2.31. The average molecular weight is 323 g/mol. The van der Waals surface area contributed by atoms with Crippen LogP contribution in [-0.4, -0.2) is 28.9 Å². The molecule has 0 amide bonds. The third-order valence-electron chi connectivity index (χ3n) is 4.89. The van der Waals surface area contributed by atoms with Crippen LogP contribution in [-0.2, 0) is 13.2 Å². The number of ketones is 1. The Kier molecular flexibility index (Phi) is 5.78. The van der Waals surface area contributed by atoms with E-state index in [1.54, 1.807) is 0 Å². The Bertz CT molecular complexity index is 643. The van der Waals surface area contributed by atoms with Crippen molar-refractivity contribution >= 4 is 5.78 Å². The summed E-state index contributed by atoms with van der Waals surface area (Å²) < 4.78 is 0. The number of carbonyl (C=O) groups is 1. The molecule has 1 heterocycles. The molecular formula is C21H25NO2. The van der Waals surface area contributed by atoms with Crippen LogP contribution in [0.1, 0.15) is 40.7 Å². The fraction of sp³-hybridized carbons (Fsp3) is 0.381. The fourth-order valence-corrected chi connectivity index (χ4v) is 3.37. The second kappa shape index (κ2) is 8.22. The second-order valence-electron chi connectivity index (χ2n) is 6.69. The lowest BCUT2D eigenvalue weighted by Crippen LogP contribution is -2.33. The largest absolute Gasteiger partial charge is 0.392 e.